The van der Waals surface area contributed by atoms with E-state index in [2.05, 4.69) is 0 Å². The van der Waals surface area contributed by atoms with Crippen molar-refractivity contribution in [1.82, 2.24) is 0 Å². The molecule has 0 atom stereocenters. The molecule has 0 radical (unpaired) electrons. The number of rotatable bonds is 6. The molecule has 2 rings (SSSR count). The standard InChI is InChI=1S/C17H15ClFNO3/c1-22-15-9-12(4-7-16(20)21)8-14(18)17(15)23-10-11-2-5-13(19)6-3-11/h2-9H,10H2,1H3,(H2,20,21)/b7-4+. The van der Waals surface area contributed by atoms with Crippen LogP contribution in [-0.4, -0.2) is 13.0 Å². The van der Waals surface area contributed by atoms with E-state index in [-0.39, 0.29) is 12.4 Å². The SMILES string of the molecule is COc1cc(/C=C/C(N)=O)cc(Cl)c1OCc1ccc(F)cc1. The normalized spacial score (nSPS) is 10.7. The van der Waals surface area contributed by atoms with E-state index >= 15 is 0 Å². The lowest BCUT2D eigenvalue weighted by atomic mass is 10.2. The van der Waals surface area contributed by atoms with Crippen molar-refractivity contribution in [2.45, 2.75) is 6.61 Å². The summed E-state index contributed by atoms with van der Waals surface area (Å²) in [6.45, 7) is 0.215. The van der Waals surface area contributed by atoms with Crippen LogP contribution in [0.25, 0.3) is 6.08 Å². The fraction of sp³-hybridized carbons (Fsp3) is 0.118. The lowest BCUT2D eigenvalue weighted by molar-refractivity contribution is -0.113. The molecule has 0 aliphatic rings. The van der Waals surface area contributed by atoms with Gasteiger partial charge in [-0.1, -0.05) is 23.7 Å². The second-order valence-electron chi connectivity index (χ2n) is 4.68. The molecule has 0 saturated heterocycles. The summed E-state index contributed by atoms with van der Waals surface area (Å²) in [5.41, 5.74) is 6.51. The summed E-state index contributed by atoms with van der Waals surface area (Å²) in [6, 6.07) is 9.26. The molecule has 0 aliphatic heterocycles. The highest BCUT2D eigenvalue weighted by atomic mass is 35.5. The predicted molar refractivity (Wildman–Crippen MR) is 87.0 cm³/mol. The topological polar surface area (TPSA) is 61.5 Å². The molecule has 2 N–H and O–H groups in total. The molecule has 1 amide bonds. The van der Waals surface area contributed by atoms with Crippen molar-refractivity contribution >= 4 is 23.6 Å². The van der Waals surface area contributed by atoms with E-state index in [1.54, 1.807) is 24.3 Å². The van der Waals surface area contributed by atoms with E-state index in [0.717, 1.165) is 5.56 Å². The fourth-order valence-corrected chi connectivity index (χ4v) is 2.16. The second-order valence-corrected chi connectivity index (χ2v) is 5.09. The Labute approximate surface area is 138 Å². The third kappa shape index (κ3) is 4.72. The third-order valence-electron chi connectivity index (χ3n) is 2.99. The Balaban J connectivity index is 2.20. The first kappa shape index (κ1) is 16.8. The molecule has 23 heavy (non-hydrogen) atoms. The molecule has 120 valence electrons. The van der Waals surface area contributed by atoms with Gasteiger partial charge in [0.2, 0.25) is 5.91 Å². The number of ether oxygens (including phenoxy) is 2. The van der Waals surface area contributed by atoms with Crippen molar-refractivity contribution in [3.63, 3.8) is 0 Å². The fourth-order valence-electron chi connectivity index (χ4n) is 1.89. The summed E-state index contributed by atoms with van der Waals surface area (Å²) in [6.07, 6.45) is 2.75. The molecular formula is C17H15ClFNO3. The molecule has 2 aromatic carbocycles. The van der Waals surface area contributed by atoms with Crippen LogP contribution in [0.5, 0.6) is 11.5 Å². The molecule has 0 spiro atoms. The highest BCUT2D eigenvalue weighted by Crippen LogP contribution is 2.37. The van der Waals surface area contributed by atoms with Crippen LogP contribution < -0.4 is 15.2 Å². The minimum Gasteiger partial charge on any atom is -0.493 e. The van der Waals surface area contributed by atoms with Gasteiger partial charge in [-0.2, -0.15) is 0 Å². The Kier molecular flexibility index (Phi) is 5.60. The lowest BCUT2D eigenvalue weighted by Gasteiger charge is -2.13. The van der Waals surface area contributed by atoms with Crippen LogP contribution in [0.4, 0.5) is 4.39 Å². The Morgan fingerprint density at radius 1 is 1.30 bits per heavy atom. The Bertz CT molecular complexity index is 729. The van der Waals surface area contributed by atoms with Gasteiger partial charge in [0, 0.05) is 6.08 Å². The van der Waals surface area contributed by atoms with E-state index < -0.39 is 5.91 Å². The summed E-state index contributed by atoms with van der Waals surface area (Å²) < 4.78 is 23.8. The molecule has 0 aliphatic carbocycles. The first-order chi connectivity index (χ1) is 11.0. The van der Waals surface area contributed by atoms with Crippen LogP contribution in [0.3, 0.4) is 0 Å². The van der Waals surface area contributed by atoms with E-state index in [1.165, 1.54) is 31.4 Å². The predicted octanol–water partition coefficient (Wildman–Crippen LogP) is 3.57. The maximum Gasteiger partial charge on any atom is 0.241 e. The molecule has 0 heterocycles. The van der Waals surface area contributed by atoms with Gasteiger partial charge in [0.05, 0.1) is 12.1 Å². The summed E-state index contributed by atoms with van der Waals surface area (Å²) in [7, 11) is 1.48. The average Bonchev–Trinajstić information content (AvgIpc) is 2.53. The van der Waals surface area contributed by atoms with Gasteiger partial charge < -0.3 is 15.2 Å². The van der Waals surface area contributed by atoms with Crippen LogP contribution in [0.15, 0.2) is 42.5 Å². The zero-order valence-electron chi connectivity index (χ0n) is 12.4. The number of nitrogens with two attached hydrogens (primary N) is 1. The average molecular weight is 336 g/mol. The highest BCUT2D eigenvalue weighted by Gasteiger charge is 2.11. The number of hydrogen-bond acceptors (Lipinski definition) is 3. The number of methoxy groups -OCH3 is 1. The van der Waals surface area contributed by atoms with Crippen molar-refractivity contribution in [1.29, 1.82) is 0 Å². The Hall–Kier alpha value is -2.53. The van der Waals surface area contributed by atoms with Crippen LogP contribution >= 0.6 is 11.6 Å². The summed E-state index contributed by atoms with van der Waals surface area (Å²) in [4.78, 5) is 10.8. The number of benzene rings is 2. The molecule has 0 aromatic heterocycles. The highest BCUT2D eigenvalue weighted by molar-refractivity contribution is 6.32. The van der Waals surface area contributed by atoms with E-state index in [1.807, 2.05) is 0 Å². The zero-order valence-corrected chi connectivity index (χ0v) is 13.1. The van der Waals surface area contributed by atoms with Gasteiger partial charge in [-0.05, 0) is 41.5 Å². The van der Waals surface area contributed by atoms with Crippen LogP contribution in [0, 0.1) is 5.82 Å². The third-order valence-corrected chi connectivity index (χ3v) is 3.27. The Morgan fingerprint density at radius 2 is 2.00 bits per heavy atom. The van der Waals surface area contributed by atoms with Crippen molar-refractivity contribution < 1.29 is 18.7 Å². The van der Waals surface area contributed by atoms with Crippen molar-refractivity contribution in [2.24, 2.45) is 5.73 Å². The smallest absolute Gasteiger partial charge is 0.241 e. The molecule has 2 aromatic rings. The van der Waals surface area contributed by atoms with Gasteiger partial charge >= 0.3 is 0 Å². The molecule has 0 saturated carbocycles. The van der Waals surface area contributed by atoms with Crippen molar-refractivity contribution in [2.75, 3.05) is 7.11 Å². The van der Waals surface area contributed by atoms with Crippen molar-refractivity contribution in [3.8, 4) is 11.5 Å². The molecule has 4 nitrogen and oxygen atoms in total. The van der Waals surface area contributed by atoms with E-state index in [9.17, 15) is 9.18 Å². The summed E-state index contributed by atoms with van der Waals surface area (Å²) >= 11 is 6.21. The van der Waals surface area contributed by atoms with Gasteiger partial charge in [0.15, 0.2) is 11.5 Å². The zero-order chi connectivity index (χ0) is 16.8. The maximum atomic E-state index is 12.9. The van der Waals surface area contributed by atoms with Crippen molar-refractivity contribution in [3.05, 3.63) is 64.4 Å². The number of halogens is 2. The van der Waals surface area contributed by atoms with Gasteiger partial charge in [-0.3, -0.25) is 4.79 Å². The van der Waals surface area contributed by atoms with Gasteiger partial charge in [0.1, 0.15) is 12.4 Å². The number of carbonyl (C=O) groups is 1. The molecule has 6 heteroatoms. The molecule has 0 bridgehead atoms. The van der Waals surface area contributed by atoms with Crippen LogP contribution in [0.2, 0.25) is 5.02 Å². The minimum atomic E-state index is -0.559. The van der Waals surface area contributed by atoms with E-state index in [4.69, 9.17) is 26.8 Å². The lowest BCUT2D eigenvalue weighted by Crippen LogP contribution is -2.05. The first-order valence-corrected chi connectivity index (χ1v) is 7.09. The molecular weight excluding hydrogens is 321 g/mol. The summed E-state index contributed by atoms with van der Waals surface area (Å²) in [5.74, 6) is -0.0786. The summed E-state index contributed by atoms with van der Waals surface area (Å²) in [5, 5.41) is 0.329. The molecule has 0 unspecified atom stereocenters. The Morgan fingerprint density at radius 3 is 2.61 bits per heavy atom. The molecule has 0 fully saturated rings. The number of carbonyl (C=O) groups excluding carboxylic acids is 1. The quantitative estimate of drug-likeness (QED) is 0.821. The first-order valence-electron chi connectivity index (χ1n) is 6.72. The van der Waals surface area contributed by atoms with Gasteiger partial charge in [-0.25, -0.2) is 4.39 Å². The van der Waals surface area contributed by atoms with Crippen LogP contribution in [-0.2, 0) is 11.4 Å². The number of amides is 1. The minimum absolute atomic E-state index is 0.215. The number of primary amides is 1. The monoisotopic (exact) mass is 335 g/mol. The second kappa shape index (κ2) is 7.65. The van der Waals surface area contributed by atoms with Crippen LogP contribution in [0.1, 0.15) is 11.1 Å². The maximum absolute atomic E-state index is 12.9. The van der Waals surface area contributed by atoms with E-state index in [0.29, 0.717) is 22.1 Å². The van der Waals surface area contributed by atoms with Gasteiger partial charge in [-0.15, -0.1) is 0 Å². The number of hydrogen-bond donors (Lipinski definition) is 1. The largest absolute Gasteiger partial charge is 0.493 e. The van der Waals surface area contributed by atoms with Gasteiger partial charge in [0.25, 0.3) is 0 Å².